The van der Waals surface area contributed by atoms with E-state index in [9.17, 15) is 0 Å². The minimum atomic E-state index is -2.89. The molecule has 40 heavy (non-hydrogen) atoms. The van der Waals surface area contributed by atoms with Crippen LogP contribution in [0.5, 0.6) is 0 Å². The van der Waals surface area contributed by atoms with E-state index in [1.54, 1.807) is 0 Å². The average molecular weight is 561 g/mol. The molecule has 4 aromatic carbocycles. The highest BCUT2D eigenvalue weighted by Crippen LogP contribution is 2.29. The zero-order valence-electron chi connectivity index (χ0n) is 24.7. The van der Waals surface area contributed by atoms with Crippen LogP contribution in [0.25, 0.3) is 0 Å². The summed E-state index contributed by atoms with van der Waals surface area (Å²) >= 11 is 0. The maximum Gasteiger partial charge on any atom is 0.346 e. The minimum Gasteiger partial charge on any atom is -0.534 e. The lowest BCUT2D eigenvalue weighted by Gasteiger charge is -2.36. The largest absolute Gasteiger partial charge is 0.534 e. The van der Waals surface area contributed by atoms with Crippen LogP contribution < -0.4 is 15.6 Å². The Hall–Kier alpha value is -3.41. The Morgan fingerprint density at radius 3 is 1.45 bits per heavy atom. The van der Waals surface area contributed by atoms with Gasteiger partial charge in [-0.3, -0.25) is 0 Å². The summed E-state index contributed by atoms with van der Waals surface area (Å²) in [5, 5.41) is 3.80. The highest BCUT2D eigenvalue weighted by molar-refractivity contribution is 7.07. The van der Waals surface area contributed by atoms with Crippen molar-refractivity contribution in [3.05, 3.63) is 150 Å². The number of rotatable bonds is 13. The molecule has 206 valence electrons. The van der Waals surface area contributed by atoms with E-state index in [0.29, 0.717) is 0 Å². The molecule has 0 saturated heterocycles. The molecular formula is C37H44OSi2. The van der Waals surface area contributed by atoms with E-state index in [-0.39, 0.29) is 0 Å². The van der Waals surface area contributed by atoms with Gasteiger partial charge in [-0.25, -0.2) is 0 Å². The lowest BCUT2D eigenvalue weighted by molar-refractivity contribution is 0.402. The summed E-state index contributed by atoms with van der Waals surface area (Å²) in [6.07, 6.45) is 3.78. The number of hydrogen-bond donors (Lipinski definition) is 0. The van der Waals surface area contributed by atoms with Gasteiger partial charge in [0.1, 0.15) is 0 Å². The van der Waals surface area contributed by atoms with Crippen LogP contribution in [0.4, 0.5) is 0 Å². The highest BCUT2D eigenvalue weighted by Gasteiger charge is 2.44. The second-order valence-corrected chi connectivity index (χ2v) is 21.0. The molecule has 0 amide bonds. The van der Waals surface area contributed by atoms with Gasteiger partial charge in [0.15, 0.2) is 0 Å². The molecule has 0 aliphatic heterocycles. The molecule has 0 fully saturated rings. The van der Waals surface area contributed by atoms with Gasteiger partial charge >= 0.3 is 8.32 Å². The first-order valence-corrected chi connectivity index (χ1v) is 20.1. The molecule has 3 heteroatoms. The van der Waals surface area contributed by atoms with Gasteiger partial charge in [-0.2, -0.15) is 0 Å². The van der Waals surface area contributed by atoms with Crippen molar-refractivity contribution in [1.29, 1.82) is 0 Å². The monoisotopic (exact) mass is 560 g/mol. The molecule has 0 N–H and O–H groups in total. The molecule has 0 radical (unpaired) electrons. The lowest BCUT2D eigenvalue weighted by atomic mass is 10.0. The van der Waals surface area contributed by atoms with E-state index >= 15 is 0 Å². The second-order valence-electron chi connectivity index (χ2n) is 12.1. The van der Waals surface area contributed by atoms with E-state index in [2.05, 4.69) is 154 Å². The quantitative estimate of drug-likeness (QED) is 0.0692. The summed E-state index contributed by atoms with van der Waals surface area (Å²) in [4.78, 5) is 0. The fourth-order valence-corrected chi connectivity index (χ4v) is 10.3. The van der Waals surface area contributed by atoms with E-state index in [1.165, 1.54) is 38.3 Å². The van der Waals surface area contributed by atoms with E-state index < -0.39 is 16.4 Å². The third-order valence-corrected chi connectivity index (χ3v) is 13.1. The van der Waals surface area contributed by atoms with Crippen LogP contribution in [0.2, 0.25) is 25.7 Å². The number of allylic oxidation sites excluding steroid dienone is 3. The molecule has 0 unspecified atom stereocenters. The number of hydrogen-bond acceptors (Lipinski definition) is 1. The molecule has 0 aromatic heterocycles. The maximum atomic E-state index is 7.74. The molecule has 0 spiro atoms. The maximum absolute atomic E-state index is 7.74. The van der Waals surface area contributed by atoms with Crippen LogP contribution in [0.1, 0.15) is 31.7 Å². The van der Waals surface area contributed by atoms with E-state index in [4.69, 9.17) is 4.43 Å². The van der Waals surface area contributed by atoms with Gasteiger partial charge in [0, 0.05) is 14.5 Å². The van der Waals surface area contributed by atoms with Gasteiger partial charge in [-0.05, 0) is 52.9 Å². The van der Waals surface area contributed by atoms with Crippen molar-refractivity contribution in [2.24, 2.45) is 0 Å². The Kier molecular flexibility index (Phi) is 10.2. The summed E-state index contributed by atoms with van der Waals surface area (Å²) in [6.45, 7) is 13.9. The van der Waals surface area contributed by atoms with E-state index in [0.717, 1.165) is 31.4 Å². The summed E-state index contributed by atoms with van der Waals surface area (Å²) in [5.41, 5.74) is 3.96. The van der Waals surface area contributed by atoms with Crippen molar-refractivity contribution >= 4 is 32.0 Å². The highest BCUT2D eigenvalue weighted by atomic mass is 28.4. The predicted molar refractivity (Wildman–Crippen MR) is 179 cm³/mol. The molecule has 0 heterocycles. The average Bonchev–Trinajstić information content (AvgIpc) is 2.97. The van der Waals surface area contributed by atoms with Crippen molar-refractivity contribution in [3.8, 4) is 0 Å². The SMILES string of the molecule is C=C(C)C/C(CC[Si](C)(C)C)=C(\CCc1ccccc1)O[Si](c1ccccc1)(c1ccccc1)c1ccccc1. The third kappa shape index (κ3) is 7.83. The lowest BCUT2D eigenvalue weighted by Crippen LogP contribution is -2.69. The number of aryl methyl sites for hydroxylation is 1. The molecule has 0 saturated carbocycles. The Morgan fingerprint density at radius 2 is 1.05 bits per heavy atom. The van der Waals surface area contributed by atoms with Crippen molar-refractivity contribution < 1.29 is 4.43 Å². The van der Waals surface area contributed by atoms with Gasteiger partial charge in [0.2, 0.25) is 0 Å². The summed E-state index contributed by atoms with van der Waals surface area (Å²) in [6, 6.07) is 44.9. The standard InChI is InChI=1S/C37H44OSi2/c1-31(2)30-33(28-29-39(3,4)5)37(27-26-32-18-10-6-11-19-32)38-40(34-20-12-7-13-21-34,35-22-14-8-15-23-35)36-24-16-9-17-25-36/h6-25H,1,26-30H2,2-5H3/b37-33+. The molecule has 0 aliphatic rings. The second kappa shape index (κ2) is 13.8. The topological polar surface area (TPSA) is 9.23 Å². The summed E-state index contributed by atoms with van der Waals surface area (Å²) in [7, 11) is -4.15. The molecule has 4 aromatic rings. The molecule has 4 rings (SSSR count). The Bertz CT molecular complexity index is 1280. The summed E-state index contributed by atoms with van der Waals surface area (Å²) < 4.78 is 7.74. The van der Waals surface area contributed by atoms with Crippen molar-refractivity contribution in [3.63, 3.8) is 0 Å². The first-order valence-electron chi connectivity index (χ1n) is 14.5. The number of benzene rings is 4. The predicted octanol–water partition coefficient (Wildman–Crippen LogP) is 8.25. The van der Waals surface area contributed by atoms with Crippen LogP contribution in [-0.2, 0) is 10.8 Å². The van der Waals surface area contributed by atoms with Crippen LogP contribution >= 0.6 is 0 Å². The minimum absolute atomic E-state index is 0.875. The molecule has 0 atom stereocenters. The molecular weight excluding hydrogens is 517 g/mol. The summed E-state index contributed by atoms with van der Waals surface area (Å²) in [5.74, 6) is 1.16. The fourth-order valence-electron chi connectivity index (χ4n) is 5.30. The van der Waals surface area contributed by atoms with Crippen molar-refractivity contribution in [1.82, 2.24) is 0 Å². The fraction of sp³-hybridized carbons (Fsp3) is 0.243. The smallest absolute Gasteiger partial charge is 0.346 e. The molecule has 0 bridgehead atoms. The van der Waals surface area contributed by atoms with Gasteiger partial charge in [-0.1, -0.05) is 159 Å². The zero-order chi connectivity index (χ0) is 28.4. The Labute approximate surface area is 244 Å². The third-order valence-electron chi connectivity index (χ3n) is 7.39. The van der Waals surface area contributed by atoms with Crippen LogP contribution in [0.3, 0.4) is 0 Å². The van der Waals surface area contributed by atoms with Gasteiger partial charge < -0.3 is 4.43 Å². The van der Waals surface area contributed by atoms with Gasteiger partial charge in [0.25, 0.3) is 0 Å². The van der Waals surface area contributed by atoms with Crippen molar-refractivity contribution in [2.75, 3.05) is 0 Å². The molecule has 1 nitrogen and oxygen atoms in total. The van der Waals surface area contributed by atoms with Gasteiger partial charge in [-0.15, -0.1) is 0 Å². The first kappa shape index (κ1) is 29.6. The van der Waals surface area contributed by atoms with Crippen LogP contribution in [0.15, 0.2) is 145 Å². The van der Waals surface area contributed by atoms with Crippen LogP contribution in [-0.4, -0.2) is 16.4 Å². The Balaban J connectivity index is 1.94. The first-order chi connectivity index (χ1) is 19.3. The van der Waals surface area contributed by atoms with Crippen molar-refractivity contribution in [2.45, 2.75) is 58.3 Å². The normalized spacial score (nSPS) is 12.5. The van der Waals surface area contributed by atoms with Crippen LogP contribution in [0, 0.1) is 0 Å². The Morgan fingerprint density at radius 1 is 0.625 bits per heavy atom. The van der Waals surface area contributed by atoms with E-state index in [1.807, 2.05) is 0 Å². The molecule has 0 aliphatic carbocycles. The zero-order valence-corrected chi connectivity index (χ0v) is 26.7. The van der Waals surface area contributed by atoms with Gasteiger partial charge in [0.05, 0.1) is 5.76 Å².